The van der Waals surface area contributed by atoms with Crippen molar-refractivity contribution in [3.8, 4) is 0 Å². The van der Waals surface area contributed by atoms with Crippen LogP contribution in [0.25, 0.3) is 0 Å². The summed E-state index contributed by atoms with van der Waals surface area (Å²) in [6, 6.07) is 1.96. The maximum Gasteiger partial charge on any atom is 0.104 e. The molecule has 0 aromatic heterocycles. The van der Waals surface area contributed by atoms with Crippen LogP contribution in [0.15, 0.2) is 11.1 Å². The van der Waals surface area contributed by atoms with Gasteiger partial charge < -0.3 is 11.1 Å². The highest BCUT2D eigenvalue weighted by atomic mass is 35.5. The van der Waals surface area contributed by atoms with Crippen LogP contribution < -0.4 is 11.1 Å². The minimum absolute atomic E-state index is 0.298. The third-order valence-corrected chi connectivity index (χ3v) is 4.46. The van der Waals surface area contributed by atoms with E-state index in [-0.39, 0.29) is 0 Å². The molecule has 0 bridgehead atoms. The second kappa shape index (κ2) is 4.63. The van der Waals surface area contributed by atoms with E-state index in [9.17, 15) is 0 Å². The van der Waals surface area contributed by atoms with Gasteiger partial charge in [-0.15, -0.1) is 0 Å². The molecule has 0 radical (unpaired) electrons. The molecular formula is C13H15Cl2N3. The van der Waals surface area contributed by atoms with Crippen molar-refractivity contribution in [3.05, 3.63) is 27.2 Å². The molecule has 1 aromatic rings. The first-order valence-electron chi connectivity index (χ1n) is 6.23. The average molecular weight is 284 g/mol. The van der Waals surface area contributed by atoms with Gasteiger partial charge in [-0.3, -0.25) is 4.99 Å². The van der Waals surface area contributed by atoms with E-state index in [0.717, 1.165) is 43.8 Å². The summed E-state index contributed by atoms with van der Waals surface area (Å²) in [7, 11) is 0. The van der Waals surface area contributed by atoms with Gasteiger partial charge in [0.1, 0.15) is 5.84 Å². The Hall–Kier alpha value is -0.930. The van der Waals surface area contributed by atoms with Crippen molar-refractivity contribution >= 4 is 34.7 Å². The van der Waals surface area contributed by atoms with E-state index in [1.165, 1.54) is 5.56 Å². The highest BCUT2D eigenvalue weighted by molar-refractivity contribution is 6.39. The monoisotopic (exact) mass is 283 g/mol. The van der Waals surface area contributed by atoms with Crippen LogP contribution in [-0.4, -0.2) is 18.9 Å². The largest absolute Gasteiger partial charge is 0.396 e. The molecule has 0 spiro atoms. The van der Waals surface area contributed by atoms with Crippen molar-refractivity contribution < 1.29 is 0 Å². The number of nitrogens with one attached hydrogen (secondary N) is 1. The summed E-state index contributed by atoms with van der Waals surface area (Å²) >= 11 is 12.5. The summed E-state index contributed by atoms with van der Waals surface area (Å²) in [6.07, 6.45) is 3.17. The van der Waals surface area contributed by atoms with E-state index in [1.54, 1.807) is 0 Å². The van der Waals surface area contributed by atoms with Gasteiger partial charge >= 0.3 is 0 Å². The second-order valence-electron chi connectivity index (χ2n) is 4.79. The molecule has 0 fully saturated rings. The van der Waals surface area contributed by atoms with Crippen LogP contribution in [0.3, 0.4) is 0 Å². The Morgan fingerprint density at radius 2 is 2.22 bits per heavy atom. The van der Waals surface area contributed by atoms with Gasteiger partial charge in [-0.1, -0.05) is 23.2 Å². The Morgan fingerprint density at radius 3 is 2.94 bits per heavy atom. The molecule has 1 aliphatic carbocycles. The SMILES string of the molecule is Nc1c(Cl)cc2c(c1Cl)CCCC2C1=NCCN1. The van der Waals surface area contributed by atoms with Crippen LogP contribution >= 0.6 is 23.2 Å². The maximum absolute atomic E-state index is 6.32. The number of benzene rings is 1. The summed E-state index contributed by atoms with van der Waals surface area (Å²) in [5, 5.41) is 4.52. The van der Waals surface area contributed by atoms with E-state index < -0.39 is 0 Å². The first kappa shape index (κ1) is 12.1. The third-order valence-electron chi connectivity index (χ3n) is 3.71. The predicted molar refractivity (Wildman–Crippen MR) is 76.9 cm³/mol. The van der Waals surface area contributed by atoms with Crippen molar-refractivity contribution in [1.82, 2.24) is 5.32 Å². The number of nitrogens with zero attached hydrogens (tertiary/aromatic N) is 1. The molecule has 1 unspecified atom stereocenters. The second-order valence-corrected chi connectivity index (χ2v) is 5.58. The Kier molecular flexibility index (Phi) is 3.12. The lowest BCUT2D eigenvalue weighted by Gasteiger charge is -2.27. The van der Waals surface area contributed by atoms with E-state index in [0.29, 0.717) is 21.7 Å². The summed E-state index contributed by atoms with van der Waals surface area (Å²) in [4.78, 5) is 4.53. The smallest absolute Gasteiger partial charge is 0.104 e. The number of fused-ring (bicyclic) bond motifs is 1. The van der Waals surface area contributed by atoms with Gasteiger partial charge in [0, 0.05) is 12.5 Å². The fourth-order valence-corrected chi connectivity index (χ4v) is 3.40. The number of anilines is 1. The Labute approximate surface area is 116 Å². The number of nitrogens with two attached hydrogens (primary N) is 1. The topological polar surface area (TPSA) is 50.4 Å². The lowest BCUT2D eigenvalue weighted by molar-refractivity contribution is 0.642. The predicted octanol–water partition coefficient (Wildman–Crippen LogP) is 3.00. The molecule has 0 saturated carbocycles. The zero-order valence-corrected chi connectivity index (χ0v) is 11.5. The molecule has 1 aliphatic heterocycles. The summed E-state index contributed by atoms with van der Waals surface area (Å²) in [6.45, 7) is 1.79. The Balaban J connectivity index is 2.10. The molecule has 3 N–H and O–H groups in total. The van der Waals surface area contributed by atoms with Gasteiger partial charge in [-0.2, -0.15) is 0 Å². The van der Waals surface area contributed by atoms with E-state index in [4.69, 9.17) is 28.9 Å². The molecule has 0 saturated heterocycles. The van der Waals surface area contributed by atoms with Gasteiger partial charge in [0.25, 0.3) is 0 Å². The highest BCUT2D eigenvalue weighted by Gasteiger charge is 2.29. The van der Waals surface area contributed by atoms with Crippen LogP contribution in [0.2, 0.25) is 10.0 Å². The lowest BCUT2D eigenvalue weighted by atomic mass is 9.81. The van der Waals surface area contributed by atoms with Gasteiger partial charge in [0.2, 0.25) is 0 Å². The minimum Gasteiger partial charge on any atom is -0.396 e. The number of hydrogen-bond donors (Lipinski definition) is 2. The summed E-state index contributed by atoms with van der Waals surface area (Å²) in [5.41, 5.74) is 8.73. The van der Waals surface area contributed by atoms with Gasteiger partial charge in [-0.25, -0.2) is 0 Å². The van der Waals surface area contributed by atoms with Gasteiger partial charge in [0.15, 0.2) is 0 Å². The molecule has 96 valence electrons. The van der Waals surface area contributed by atoms with E-state index in [1.807, 2.05) is 6.07 Å². The van der Waals surface area contributed by atoms with Crippen molar-refractivity contribution in [2.45, 2.75) is 25.2 Å². The first-order valence-corrected chi connectivity index (χ1v) is 6.98. The van der Waals surface area contributed by atoms with Crippen LogP contribution in [-0.2, 0) is 6.42 Å². The molecule has 2 aliphatic rings. The molecule has 3 nitrogen and oxygen atoms in total. The molecule has 18 heavy (non-hydrogen) atoms. The summed E-state index contributed by atoms with van der Waals surface area (Å²) in [5.74, 6) is 1.37. The Morgan fingerprint density at radius 1 is 1.39 bits per heavy atom. The van der Waals surface area contributed by atoms with Crippen LogP contribution in [0.4, 0.5) is 5.69 Å². The normalized spacial score (nSPS) is 22.3. The highest BCUT2D eigenvalue weighted by Crippen LogP contribution is 2.42. The van der Waals surface area contributed by atoms with Crippen LogP contribution in [0.5, 0.6) is 0 Å². The van der Waals surface area contributed by atoms with Crippen molar-refractivity contribution in [1.29, 1.82) is 0 Å². The maximum atomic E-state index is 6.32. The van der Waals surface area contributed by atoms with Gasteiger partial charge in [0.05, 0.1) is 22.3 Å². The molecule has 1 atom stereocenters. The summed E-state index contributed by atoms with van der Waals surface area (Å²) < 4.78 is 0. The Bertz CT molecular complexity index is 525. The minimum atomic E-state index is 0.298. The average Bonchev–Trinajstić information content (AvgIpc) is 2.89. The van der Waals surface area contributed by atoms with Crippen molar-refractivity contribution in [3.63, 3.8) is 0 Å². The molecular weight excluding hydrogens is 269 g/mol. The van der Waals surface area contributed by atoms with E-state index in [2.05, 4.69) is 10.3 Å². The fourth-order valence-electron chi connectivity index (χ4n) is 2.83. The molecule has 1 aromatic carbocycles. The number of amidine groups is 1. The zero-order chi connectivity index (χ0) is 12.7. The quantitative estimate of drug-likeness (QED) is 0.779. The van der Waals surface area contributed by atoms with Crippen LogP contribution in [0, 0.1) is 0 Å². The lowest BCUT2D eigenvalue weighted by Crippen LogP contribution is -2.28. The number of halogens is 2. The molecule has 0 amide bonds. The van der Waals surface area contributed by atoms with Crippen molar-refractivity contribution in [2.75, 3.05) is 18.8 Å². The standard InChI is InChI=1S/C13H15Cl2N3/c14-10-6-9-7(11(15)12(10)16)2-1-3-8(9)13-17-4-5-18-13/h6,8H,1-5,16H2,(H,17,18). The fraction of sp³-hybridized carbons (Fsp3) is 0.462. The third kappa shape index (κ3) is 1.86. The first-order chi connectivity index (χ1) is 8.68. The van der Waals surface area contributed by atoms with Crippen LogP contribution in [0.1, 0.15) is 29.9 Å². The van der Waals surface area contributed by atoms with Gasteiger partial charge in [-0.05, 0) is 36.5 Å². The number of rotatable bonds is 1. The number of aliphatic imine (C=N–C) groups is 1. The molecule has 5 heteroatoms. The number of hydrogen-bond acceptors (Lipinski definition) is 3. The molecule has 3 rings (SSSR count). The number of nitrogen functional groups attached to an aromatic ring is 1. The van der Waals surface area contributed by atoms with Crippen molar-refractivity contribution in [2.24, 2.45) is 4.99 Å². The zero-order valence-electron chi connectivity index (χ0n) is 9.97. The molecule has 1 heterocycles. The van der Waals surface area contributed by atoms with E-state index >= 15 is 0 Å².